The topological polar surface area (TPSA) is 117 Å². The molecule has 1 amide bonds. The van der Waals surface area contributed by atoms with Crippen molar-refractivity contribution in [3.63, 3.8) is 0 Å². The average Bonchev–Trinajstić information content (AvgIpc) is 3.28. The van der Waals surface area contributed by atoms with Crippen molar-refractivity contribution in [2.45, 2.75) is 32.7 Å². The van der Waals surface area contributed by atoms with Crippen LogP contribution in [0.15, 0.2) is 54.6 Å². The molecule has 228 valence electrons. The van der Waals surface area contributed by atoms with Gasteiger partial charge in [-0.3, -0.25) is 4.79 Å². The first kappa shape index (κ1) is 31.2. The lowest BCUT2D eigenvalue weighted by molar-refractivity contribution is -0.200. The predicted molar refractivity (Wildman–Crippen MR) is 144 cm³/mol. The van der Waals surface area contributed by atoms with Crippen LogP contribution in [0.25, 0.3) is 5.52 Å². The molecule has 1 atom stereocenters. The number of esters is 1. The van der Waals surface area contributed by atoms with Gasteiger partial charge in [-0.25, -0.2) is 13.6 Å². The Morgan fingerprint density at radius 1 is 1.00 bits per heavy atom. The maximum atomic E-state index is 14.1. The Morgan fingerprint density at radius 2 is 1.70 bits per heavy atom. The summed E-state index contributed by atoms with van der Waals surface area (Å²) in [5.74, 6) is -3.82. The number of fused-ring (bicyclic) bond motifs is 1. The summed E-state index contributed by atoms with van der Waals surface area (Å²) in [6.45, 7) is 2.09. The van der Waals surface area contributed by atoms with Crippen LogP contribution in [0.2, 0.25) is 0 Å². The monoisotopic (exact) mass is 606 g/mol. The highest BCUT2D eigenvalue weighted by molar-refractivity contribution is 6.02. The van der Waals surface area contributed by atoms with Gasteiger partial charge in [0.05, 0.1) is 22.3 Å². The van der Waals surface area contributed by atoms with Gasteiger partial charge >= 0.3 is 12.1 Å². The maximum absolute atomic E-state index is 14.1. The van der Waals surface area contributed by atoms with Crippen LogP contribution in [-0.4, -0.2) is 47.4 Å². The molecule has 4 aromatic rings. The van der Waals surface area contributed by atoms with E-state index < -0.39 is 48.9 Å². The Kier molecular flexibility index (Phi) is 9.49. The Labute approximate surface area is 242 Å². The number of nitrogens with zero attached hydrogens (tertiary/aromatic N) is 2. The smallest absolute Gasteiger partial charge is 0.490 e. The van der Waals surface area contributed by atoms with E-state index in [1.807, 2.05) is 0 Å². The highest BCUT2D eigenvalue weighted by Gasteiger charge is 2.40. The largest absolute Gasteiger partial charge is 0.490 e. The summed E-state index contributed by atoms with van der Waals surface area (Å²) < 4.78 is 81.3. The lowest BCUT2D eigenvalue weighted by atomic mass is 10.1. The molecule has 2 aromatic heterocycles. The highest BCUT2D eigenvalue weighted by atomic mass is 19.4. The number of alkyl halides is 3. The third-order valence-electron chi connectivity index (χ3n) is 6.26. The average molecular weight is 607 g/mol. The second kappa shape index (κ2) is 13.1. The number of carbonyl (C=O) groups excluding carboxylic acids is 2. The Hall–Kier alpha value is -4.72. The molecule has 3 N–H and O–H groups in total. The number of benzene rings is 2. The van der Waals surface area contributed by atoms with Crippen LogP contribution in [0.1, 0.15) is 38.8 Å². The number of hydrogen-bond acceptors (Lipinski definition) is 7. The van der Waals surface area contributed by atoms with Crippen molar-refractivity contribution in [1.82, 2.24) is 14.9 Å². The molecule has 0 aliphatic rings. The summed E-state index contributed by atoms with van der Waals surface area (Å²) in [6.07, 6.45) is -5.09. The first-order valence-electron chi connectivity index (χ1n) is 12.9. The summed E-state index contributed by atoms with van der Waals surface area (Å²) in [6, 6.07) is 12.6. The first-order chi connectivity index (χ1) is 20.3. The summed E-state index contributed by atoms with van der Waals surface area (Å²) >= 11 is 0. The number of aromatic nitrogens is 2. The second-order valence-electron chi connectivity index (χ2n) is 9.49. The zero-order valence-corrected chi connectivity index (χ0v) is 23.0. The molecule has 1 unspecified atom stereocenters. The molecule has 0 spiro atoms. The second-order valence-corrected chi connectivity index (χ2v) is 9.49. The molecule has 0 fully saturated rings. The lowest BCUT2D eigenvalue weighted by Crippen LogP contribution is -2.32. The van der Waals surface area contributed by atoms with E-state index >= 15 is 0 Å². The molecule has 4 rings (SSSR count). The molecule has 0 bridgehead atoms. The van der Waals surface area contributed by atoms with Gasteiger partial charge in [0.25, 0.3) is 5.91 Å². The van der Waals surface area contributed by atoms with Crippen molar-refractivity contribution in [2.75, 3.05) is 19.8 Å². The number of ether oxygens (including phenoxy) is 3. The van der Waals surface area contributed by atoms with Gasteiger partial charge in [-0.2, -0.15) is 22.8 Å². The third kappa shape index (κ3) is 7.57. The summed E-state index contributed by atoms with van der Waals surface area (Å²) in [5, 5.41) is 7.16. The Morgan fingerprint density at radius 3 is 2.40 bits per heavy atom. The van der Waals surface area contributed by atoms with E-state index in [1.165, 1.54) is 10.6 Å². The number of halogens is 5. The van der Waals surface area contributed by atoms with E-state index in [4.69, 9.17) is 15.2 Å². The standard InChI is InChI=1S/C29H27F5N4O5/c1-16-11-24-26(17(2)37-38(24)25(12-16)43-15-20-21(30)7-4-8-22(20)31)27(39)36-14-23(35)18-5-3-6-19(13-18)41-9-10-42-28(40)29(32,33)34/h3-8,11-13,23H,9-10,14-15,35H2,1-2H3,(H,36,39). The van der Waals surface area contributed by atoms with Crippen LogP contribution in [0, 0.1) is 25.5 Å². The molecule has 2 aromatic carbocycles. The van der Waals surface area contributed by atoms with E-state index in [0.717, 1.165) is 12.1 Å². The number of rotatable bonds is 11. The van der Waals surface area contributed by atoms with Gasteiger partial charge in [-0.05, 0) is 55.3 Å². The number of hydrogen-bond donors (Lipinski definition) is 2. The maximum Gasteiger partial charge on any atom is 0.490 e. The van der Waals surface area contributed by atoms with Crippen LogP contribution in [0.3, 0.4) is 0 Å². The number of amides is 1. The summed E-state index contributed by atoms with van der Waals surface area (Å²) in [5.41, 5.74) is 8.33. The van der Waals surface area contributed by atoms with E-state index in [0.29, 0.717) is 22.3 Å². The van der Waals surface area contributed by atoms with Crippen LogP contribution >= 0.6 is 0 Å². The zero-order valence-electron chi connectivity index (χ0n) is 23.0. The van der Waals surface area contributed by atoms with Crippen LogP contribution in [-0.2, 0) is 16.1 Å². The minimum atomic E-state index is -5.09. The quantitative estimate of drug-likeness (QED) is 0.144. The van der Waals surface area contributed by atoms with Crippen LogP contribution in [0.4, 0.5) is 22.0 Å². The van der Waals surface area contributed by atoms with Gasteiger partial charge in [0.1, 0.15) is 37.2 Å². The normalized spacial score (nSPS) is 12.2. The zero-order chi connectivity index (χ0) is 31.3. The van der Waals surface area contributed by atoms with Crippen LogP contribution < -0.4 is 20.5 Å². The number of aryl methyl sites for hydroxylation is 2. The fraction of sp³-hybridized carbons (Fsp3) is 0.276. The molecule has 2 heterocycles. The van der Waals surface area contributed by atoms with Crippen LogP contribution in [0.5, 0.6) is 11.6 Å². The van der Waals surface area contributed by atoms with Gasteiger partial charge in [0, 0.05) is 18.7 Å². The van der Waals surface area contributed by atoms with E-state index in [2.05, 4.69) is 15.2 Å². The minimum Gasteiger partial charge on any atom is -0.490 e. The molecule has 0 radical (unpaired) electrons. The molecule has 14 heteroatoms. The van der Waals surface area contributed by atoms with Gasteiger partial charge in [-0.15, -0.1) is 0 Å². The third-order valence-corrected chi connectivity index (χ3v) is 6.26. The summed E-state index contributed by atoms with van der Waals surface area (Å²) in [7, 11) is 0. The van der Waals surface area contributed by atoms with E-state index in [1.54, 1.807) is 50.2 Å². The van der Waals surface area contributed by atoms with Crippen molar-refractivity contribution in [3.8, 4) is 11.6 Å². The first-order valence-corrected chi connectivity index (χ1v) is 12.9. The molecule has 0 aliphatic carbocycles. The fourth-order valence-corrected chi connectivity index (χ4v) is 4.18. The van der Waals surface area contributed by atoms with Crippen molar-refractivity contribution in [3.05, 3.63) is 94.2 Å². The molecular formula is C29H27F5N4O5. The molecule has 0 saturated heterocycles. The van der Waals surface area contributed by atoms with Crippen molar-refractivity contribution >= 4 is 17.4 Å². The van der Waals surface area contributed by atoms with Gasteiger partial charge < -0.3 is 25.3 Å². The van der Waals surface area contributed by atoms with E-state index in [9.17, 15) is 31.5 Å². The Bertz CT molecular complexity index is 1620. The predicted octanol–water partition coefficient (Wildman–Crippen LogP) is 4.72. The van der Waals surface area contributed by atoms with E-state index in [-0.39, 0.29) is 35.9 Å². The highest BCUT2D eigenvalue weighted by Crippen LogP contribution is 2.25. The van der Waals surface area contributed by atoms with Gasteiger partial charge in [0.15, 0.2) is 0 Å². The molecule has 0 aliphatic heterocycles. The lowest BCUT2D eigenvalue weighted by Gasteiger charge is -2.15. The van der Waals surface area contributed by atoms with Gasteiger partial charge in [-0.1, -0.05) is 18.2 Å². The molecule has 43 heavy (non-hydrogen) atoms. The Balaban J connectivity index is 1.41. The number of carbonyl (C=O) groups is 2. The molecular weight excluding hydrogens is 579 g/mol. The number of pyridine rings is 1. The SMILES string of the molecule is Cc1cc(OCc2c(F)cccc2F)n2nc(C)c(C(=O)NCC(N)c3cccc(OCCOC(=O)C(F)(F)F)c3)c2c1. The molecule has 0 saturated carbocycles. The number of nitrogens with one attached hydrogen (secondary N) is 1. The van der Waals surface area contributed by atoms with Crippen molar-refractivity contribution in [2.24, 2.45) is 5.73 Å². The summed E-state index contributed by atoms with van der Waals surface area (Å²) in [4.78, 5) is 24.0. The van der Waals surface area contributed by atoms with Crippen molar-refractivity contribution < 1.29 is 45.8 Å². The number of nitrogens with two attached hydrogens (primary N) is 1. The van der Waals surface area contributed by atoms with Gasteiger partial charge in [0.2, 0.25) is 5.88 Å². The fourth-order valence-electron chi connectivity index (χ4n) is 4.18. The van der Waals surface area contributed by atoms with Crippen molar-refractivity contribution in [1.29, 1.82) is 0 Å². The minimum absolute atomic E-state index is 0.00396. The molecule has 9 nitrogen and oxygen atoms in total.